The fourth-order valence-electron chi connectivity index (χ4n) is 2.96. The van der Waals surface area contributed by atoms with Gasteiger partial charge >= 0.3 is 0 Å². The van der Waals surface area contributed by atoms with Crippen molar-refractivity contribution in [3.8, 4) is 0 Å². The minimum atomic E-state index is 0.384. The van der Waals surface area contributed by atoms with Crippen LogP contribution in [0, 0.1) is 0 Å². The average molecular weight is 296 g/mol. The third kappa shape index (κ3) is 3.11. The summed E-state index contributed by atoms with van der Waals surface area (Å²) in [5.41, 5.74) is 1.90. The summed E-state index contributed by atoms with van der Waals surface area (Å²) >= 11 is 3.52. The summed E-state index contributed by atoms with van der Waals surface area (Å²) < 4.78 is 1.18. The number of benzene rings is 1. The average Bonchev–Trinajstić information content (AvgIpc) is 2.38. The van der Waals surface area contributed by atoms with Crippen LogP contribution in [-0.2, 0) is 5.41 Å². The van der Waals surface area contributed by atoms with Gasteiger partial charge in [-0.3, -0.25) is 0 Å². The Bertz CT molecular complexity index is 338. The van der Waals surface area contributed by atoms with Crippen LogP contribution >= 0.6 is 15.9 Å². The van der Waals surface area contributed by atoms with E-state index in [1.54, 1.807) is 0 Å². The van der Waals surface area contributed by atoms with Crippen LogP contribution in [0.5, 0.6) is 0 Å². The number of likely N-dealkylation sites (N-methyl/N-ethyl adjacent to an activating group) is 1. The summed E-state index contributed by atoms with van der Waals surface area (Å²) in [7, 11) is 0. The molecule has 0 saturated heterocycles. The molecule has 0 radical (unpaired) electrons. The van der Waals surface area contributed by atoms with E-state index in [9.17, 15) is 0 Å². The van der Waals surface area contributed by atoms with Gasteiger partial charge in [0.05, 0.1) is 0 Å². The molecule has 1 saturated carbocycles. The highest BCUT2D eigenvalue weighted by atomic mass is 79.9. The fraction of sp³-hybridized carbons (Fsp3) is 0.600. The number of hydrogen-bond acceptors (Lipinski definition) is 1. The molecule has 0 atom stereocenters. The maximum absolute atomic E-state index is 3.56. The molecule has 0 heterocycles. The van der Waals surface area contributed by atoms with Gasteiger partial charge in [0, 0.05) is 16.4 Å². The molecule has 1 nitrogen and oxygen atoms in total. The summed E-state index contributed by atoms with van der Waals surface area (Å²) in [5.74, 6) is 0. The molecular weight excluding hydrogens is 274 g/mol. The largest absolute Gasteiger partial charge is 0.316 e. The molecule has 1 N–H and O–H groups in total. The van der Waals surface area contributed by atoms with E-state index in [1.165, 1.54) is 42.1 Å². The van der Waals surface area contributed by atoms with Crippen molar-refractivity contribution >= 4 is 15.9 Å². The van der Waals surface area contributed by atoms with E-state index >= 15 is 0 Å². The molecular formula is C15H22BrN. The van der Waals surface area contributed by atoms with Crippen LogP contribution in [0.25, 0.3) is 0 Å². The molecule has 1 aliphatic rings. The van der Waals surface area contributed by atoms with Gasteiger partial charge in [0.1, 0.15) is 0 Å². The van der Waals surface area contributed by atoms with Crippen LogP contribution in [0.3, 0.4) is 0 Å². The topological polar surface area (TPSA) is 12.0 Å². The van der Waals surface area contributed by atoms with E-state index in [2.05, 4.69) is 52.4 Å². The van der Waals surface area contributed by atoms with Crippen molar-refractivity contribution in [1.82, 2.24) is 5.32 Å². The zero-order valence-corrected chi connectivity index (χ0v) is 12.2. The molecule has 1 aromatic rings. The first-order valence-corrected chi connectivity index (χ1v) is 7.53. The first kappa shape index (κ1) is 13.1. The van der Waals surface area contributed by atoms with Gasteiger partial charge in [0.2, 0.25) is 0 Å². The Balaban J connectivity index is 2.21. The van der Waals surface area contributed by atoms with E-state index in [0.717, 1.165) is 13.1 Å². The van der Waals surface area contributed by atoms with Gasteiger partial charge in [0.25, 0.3) is 0 Å². The second-order valence-electron chi connectivity index (χ2n) is 5.13. The van der Waals surface area contributed by atoms with Gasteiger partial charge in [0.15, 0.2) is 0 Å². The summed E-state index contributed by atoms with van der Waals surface area (Å²) in [4.78, 5) is 0. The highest BCUT2D eigenvalue weighted by Crippen LogP contribution is 2.39. The lowest BCUT2D eigenvalue weighted by Crippen LogP contribution is -2.39. The molecule has 94 valence electrons. The second kappa shape index (κ2) is 6.01. The molecule has 0 aliphatic heterocycles. The number of nitrogens with one attached hydrogen (secondary N) is 1. The molecule has 0 bridgehead atoms. The van der Waals surface area contributed by atoms with Crippen molar-refractivity contribution in [2.75, 3.05) is 13.1 Å². The Morgan fingerprint density at radius 2 is 1.76 bits per heavy atom. The standard InChI is InChI=1S/C15H22BrN/c1-2-17-12-15(10-4-3-5-11-15)13-6-8-14(16)9-7-13/h6-9,17H,2-5,10-12H2,1H3. The molecule has 0 spiro atoms. The van der Waals surface area contributed by atoms with Crippen LogP contribution < -0.4 is 5.32 Å². The first-order valence-electron chi connectivity index (χ1n) is 6.74. The van der Waals surface area contributed by atoms with Crippen molar-refractivity contribution in [2.45, 2.75) is 44.4 Å². The Hall–Kier alpha value is -0.340. The summed E-state index contributed by atoms with van der Waals surface area (Å²) in [6, 6.07) is 8.95. The van der Waals surface area contributed by atoms with Gasteiger partial charge in [-0.15, -0.1) is 0 Å². The van der Waals surface area contributed by atoms with Crippen LogP contribution in [-0.4, -0.2) is 13.1 Å². The van der Waals surface area contributed by atoms with Gasteiger partial charge in [-0.25, -0.2) is 0 Å². The lowest BCUT2D eigenvalue weighted by molar-refractivity contribution is 0.282. The van der Waals surface area contributed by atoms with Crippen LogP contribution in [0.4, 0.5) is 0 Å². The third-order valence-electron chi connectivity index (χ3n) is 3.98. The minimum absolute atomic E-state index is 0.384. The lowest BCUT2D eigenvalue weighted by Gasteiger charge is -2.38. The molecule has 0 aromatic heterocycles. The molecule has 1 aromatic carbocycles. The number of hydrogen-bond donors (Lipinski definition) is 1. The lowest BCUT2D eigenvalue weighted by atomic mass is 9.69. The van der Waals surface area contributed by atoms with E-state index in [0.29, 0.717) is 5.41 Å². The smallest absolute Gasteiger partial charge is 0.0175 e. The third-order valence-corrected chi connectivity index (χ3v) is 4.51. The minimum Gasteiger partial charge on any atom is -0.316 e. The van der Waals surface area contributed by atoms with E-state index in [4.69, 9.17) is 0 Å². The van der Waals surface area contributed by atoms with Crippen LogP contribution in [0.15, 0.2) is 28.7 Å². The highest BCUT2D eigenvalue weighted by Gasteiger charge is 2.33. The van der Waals surface area contributed by atoms with Gasteiger partial charge in [-0.1, -0.05) is 54.2 Å². The molecule has 0 unspecified atom stereocenters. The first-order chi connectivity index (χ1) is 8.27. The Morgan fingerprint density at radius 1 is 1.12 bits per heavy atom. The van der Waals surface area contributed by atoms with Crippen molar-refractivity contribution in [3.05, 3.63) is 34.3 Å². The molecule has 17 heavy (non-hydrogen) atoms. The fourth-order valence-corrected chi connectivity index (χ4v) is 3.23. The zero-order chi connectivity index (χ0) is 12.1. The van der Waals surface area contributed by atoms with Gasteiger partial charge in [-0.2, -0.15) is 0 Å². The van der Waals surface area contributed by atoms with Gasteiger partial charge in [-0.05, 0) is 37.1 Å². The zero-order valence-electron chi connectivity index (χ0n) is 10.6. The monoisotopic (exact) mass is 295 g/mol. The Morgan fingerprint density at radius 3 is 2.35 bits per heavy atom. The van der Waals surface area contributed by atoms with E-state index < -0.39 is 0 Å². The summed E-state index contributed by atoms with van der Waals surface area (Å²) in [6.45, 7) is 4.39. The molecule has 1 fully saturated rings. The predicted molar refractivity (Wildman–Crippen MR) is 77.4 cm³/mol. The quantitative estimate of drug-likeness (QED) is 0.875. The Kier molecular flexibility index (Phi) is 4.63. The molecule has 1 aliphatic carbocycles. The van der Waals surface area contributed by atoms with Crippen LogP contribution in [0.2, 0.25) is 0 Å². The van der Waals surface area contributed by atoms with E-state index in [-0.39, 0.29) is 0 Å². The van der Waals surface area contributed by atoms with Crippen molar-refractivity contribution < 1.29 is 0 Å². The van der Waals surface area contributed by atoms with Gasteiger partial charge < -0.3 is 5.32 Å². The maximum atomic E-state index is 3.56. The summed E-state index contributed by atoms with van der Waals surface area (Å²) in [5, 5.41) is 3.56. The highest BCUT2D eigenvalue weighted by molar-refractivity contribution is 9.10. The second-order valence-corrected chi connectivity index (χ2v) is 6.04. The van der Waals surface area contributed by atoms with E-state index in [1.807, 2.05) is 0 Å². The normalized spacial score (nSPS) is 19.2. The van der Waals surface area contributed by atoms with Crippen molar-refractivity contribution in [2.24, 2.45) is 0 Å². The molecule has 2 rings (SSSR count). The maximum Gasteiger partial charge on any atom is 0.0175 e. The molecule has 2 heteroatoms. The van der Waals surface area contributed by atoms with Crippen molar-refractivity contribution in [3.63, 3.8) is 0 Å². The number of halogens is 1. The summed E-state index contributed by atoms with van der Waals surface area (Å²) in [6.07, 6.45) is 6.83. The molecule has 0 amide bonds. The van der Waals surface area contributed by atoms with Crippen LogP contribution in [0.1, 0.15) is 44.6 Å². The number of rotatable bonds is 4. The predicted octanol–water partition coefficient (Wildman–Crippen LogP) is 4.26. The Labute approximate surface area is 113 Å². The van der Waals surface area contributed by atoms with Crippen molar-refractivity contribution in [1.29, 1.82) is 0 Å². The SMILES string of the molecule is CCNCC1(c2ccc(Br)cc2)CCCCC1.